The van der Waals surface area contributed by atoms with E-state index >= 15 is 0 Å². The van der Waals surface area contributed by atoms with E-state index in [1.165, 1.54) is 14.2 Å². The van der Waals surface area contributed by atoms with E-state index in [0.29, 0.717) is 5.76 Å². The average molecular weight is 212 g/mol. The Kier molecular flexibility index (Phi) is 4.08. The van der Waals surface area contributed by atoms with Crippen LogP contribution in [0.5, 0.6) is 0 Å². The number of allylic oxidation sites excluding steroid dienone is 2. The Balaban J connectivity index is 2.90. The first-order chi connectivity index (χ1) is 7.19. The van der Waals surface area contributed by atoms with Gasteiger partial charge in [-0.15, -0.1) is 6.58 Å². The van der Waals surface area contributed by atoms with Crippen molar-refractivity contribution >= 4 is 0 Å². The first-order valence-electron chi connectivity index (χ1n) is 4.62. The quantitative estimate of drug-likeness (QED) is 0.545. The highest BCUT2D eigenvalue weighted by Gasteiger charge is 2.43. The van der Waals surface area contributed by atoms with Gasteiger partial charge in [0.15, 0.2) is 5.76 Å². The molecule has 0 amide bonds. The fraction of sp³-hybridized carbons (Fsp3) is 0.455. The second kappa shape index (κ2) is 5.11. The zero-order valence-corrected chi connectivity index (χ0v) is 8.97. The van der Waals surface area contributed by atoms with Crippen LogP contribution in [0.3, 0.4) is 0 Å². The number of hydrogen-bond donors (Lipinski definition) is 1. The molecule has 4 heteroatoms. The minimum Gasteiger partial charge on any atom is -0.495 e. The van der Waals surface area contributed by atoms with E-state index in [4.69, 9.17) is 14.2 Å². The second-order valence-electron chi connectivity index (χ2n) is 3.07. The van der Waals surface area contributed by atoms with Gasteiger partial charge >= 0.3 is 0 Å². The summed E-state index contributed by atoms with van der Waals surface area (Å²) < 4.78 is 15.5. The molecule has 0 heterocycles. The van der Waals surface area contributed by atoms with Crippen molar-refractivity contribution in [3.63, 3.8) is 0 Å². The summed E-state index contributed by atoms with van der Waals surface area (Å²) in [4.78, 5) is 0. The number of ether oxygens (including phenoxy) is 3. The van der Waals surface area contributed by atoms with Gasteiger partial charge in [-0.3, -0.25) is 0 Å². The van der Waals surface area contributed by atoms with Crippen molar-refractivity contribution in [2.24, 2.45) is 0 Å². The normalized spacial score (nSPS) is 29.8. The SMILES string of the molecule is C=CCOC1(O)C(OC)=CC=CC1OC. The Morgan fingerprint density at radius 2 is 2.33 bits per heavy atom. The summed E-state index contributed by atoms with van der Waals surface area (Å²) in [6.45, 7) is 3.74. The van der Waals surface area contributed by atoms with E-state index in [9.17, 15) is 5.11 Å². The molecule has 0 aliphatic heterocycles. The Morgan fingerprint density at radius 3 is 2.87 bits per heavy atom. The van der Waals surface area contributed by atoms with Gasteiger partial charge in [0.05, 0.1) is 13.7 Å². The topological polar surface area (TPSA) is 47.9 Å². The molecular formula is C11H16O4. The maximum Gasteiger partial charge on any atom is 0.256 e. The molecule has 0 radical (unpaired) electrons. The fourth-order valence-corrected chi connectivity index (χ4v) is 1.43. The molecule has 0 aromatic rings. The van der Waals surface area contributed by atoms with Gasteiger partial charge in [0.1, 0.15) is 6.10 Å². The van der Waals surface area contributed by atoms with E-state index in [0.717, 1.165) is 0 Å². The van der Waals surface area contributed by atoms with Crippen LogP contribution >= 0.6 is 0 Å². The van der Waals surface area contributed by atoms with Crippen LogP contribution in [0.25, 0.3) is 0 Å². The van der Waals surface area contributed by atoms with E-state index in [1.807, 2.05) is 0 Å². The van der Waals surface area contributed by atoms with Gasteiger partial charge in [-0.25, -0.2) is 0 Å². The van der Waals surface area contributed by atoms with Crippen molar-refractivity contribution in [3.8, 4) is 0 Å². The molecule has 0 bridgehead atoms. The Morgan fingerprint density at radius 1 is 1.60 bits per heavy atom. The predicted molar refractivity (Wildman–Crippen MR) is 56.1 cm³/mol. The van der Waals surface area contributed by atoms with Crippen molar-refractivity contribution in [1.82, 2.24) is 0 Å². The number of hydrogen-bond acceptors (Lipinski definition) is 4. The van der Waals surface area contributed by atoms with Crippen LogP contribution in [0.1, 0.15) is 0 Å². The van der Waals surface area contributed by atoms with Crippen molar-refractivity contribution in [2.75, 3.05) is 20.8 Å². The molecular weight excluding hydrogens is 196 g/mol. The molecule has 1 aliphatic rings. The summed E-state index contributed by atoms with van der Waals surface area (Å²) in [6.07, 6.45) is 6.05. The van der Waals surface area contributed by atoms with Crippen LogP contribution in [-0.4, -0.2) is 37.8 Å². The summed E-state index contributed by atoms with van der Waals surface area (Å²) >= 11 is 0. The van der Waals surface area contributed by atoms with Gasteiger partial charge in [-0.1, -0.05) is 12.2 Å². The predicted octanol–water partition coefficient (Wildman–Crippen LogP) is 0.993. The highest BCUT2D eigenvalue weighted by Crippen LogP contribution is 2.29. The molecule has 0 aromatic carbocycles. The van der Waals surface area contributed by atoms with Crippen LogP contribution < -0.4 is 0 Å². The summed E-state index contributed by atoms with van der Waals surface area (Å²) in [5.41, 5.74) is 0. The summed E-state index contributed by atoms with van der Waals surface area (Å²) in [5, 5.41) is 10.3. The highest BCUT2D eigenvalue weighted by molar-refractivity contribution is 5.25. The van der Waals surface area contributed by atoms with Crippen molar-refractivity contribution in [3.05, 3.63) is 36.6 Å². The largest absolute Gasteiger partial charge is 0.495 e. The lowest BCUT2D eigenvalue weighted by Crippen LogP contribution is -2.48. The standard InChI is InChI=1S/C11H16O4/c1-4-8-15-11(12)9(13-2)6-5-7-10(11)14-3/h4-7,9,12H,1,8H2,2-3H3. The maximum atomic E-state index is 10.3. The monoisotopic (exact) mass is 212 g/mol. The molecule has 0 fully saturated rings. The van der Waals surface area contributed by atoms with Gasteiger partial charge in [-0.2, -0.15) is 0 Å². The molecule has 0 spiro atoms. The minimum atomic E-state index is -1.58. The lowest BCUT2D eigenvalue weighted by atomic mass is 10.0. The zero-order valence-electron chi connectivity index (χ0n) is 8.97. The second-order valence-corrected chi connectivity index (χ2v) is 3.07. The Hall–Kier alpha value is -1.10. The lowest BCUT2D eigenvalue weighted by Gasteiger charge is -2.35. The fourth-order valence-electron chi connectivity index (χ4n) is 1.43. The van der Waals surface area contributed by atoms with Gasteiger partial charge < -0.3 is 19.3 Å². The van der Waals surface area contributed by atoms with Crippen LogP contribution in [0.4, 0.5) is 0 Å². The Labute approximate surface area is 89.4 Å². The first kappa shape index (κ1) is 12.0. The molecule has 4 nitrogen and oxygen atoms in total. The van der Waals surface area contributed by atoms with Crippen LogP contribution in [-0.2, 0) is 14.2 Å². The highest BCUT2D eigenvalue weighted by atomic mass is 16.7. The summed E-state index contributed by atoms with van der Waals surface area (Å²) in [5.74, 6) is -1.26. The number of aliphatic hydroxyl groups is 1. The molecule has 2 atom stereocenters. The molecule has 0 aromatic heterocycles. The summed E-state index contributed by atoms with van der Waals surface area (Å²) in [7, 11) is 2.97. The van der Waals surface area contributed by atoms with Crippen LogP contribution in [0.15, 0.2) is 36.6 Å². The van der Waals surface area contributed by atoms with Gasteiger partial charge in [-0.05, 0) is 12.2 Å². The third kappa shape index (κ3) is 2.28. The molecule has 1 aliphatic carbocycles. The van der Waals surface area contributed by atoms with Crippen molar-refractivity contribution < 1.29 is 19.3 Å². The first-order valence-corrected chi connectivity index (χ1v) is 4.62. The van der Waals surface area contributed by atoms with E-state index in [-0.39, 0.29) is 6.61 Å². The molecule has 2 unspecified atom stereocenters. The minimum absolute atomic E-state index is 0.213. The molecule has 84 valence electrons. The van der Waals surface area contributed by atoms with Crippen LogP contribution in [0.2, 0.25) is 0 Å². The third-order valence-electron chi connectivity index (χ3n) is 2.17. The van der Waals surface area contributed by atoms with Crippen molar-refractivity contribution in [2.45, 2.75) is 11.9 Å². The maximum absolute atomic E-state index is 10.3. The smallest absolute Gasteiger partial charge is 0.256 e. The molecule has 0 saturated carbocycles. The Bertz CT molecular complexity index is 282. The number of rotatable bonds is 5. The van der Waals surface area contributed by atoms with Crippen molar-refractivity contribution in [1.29, 1.82) is 0 Å². The van der Waals surface area contributed by atoms with E-state index in [2.05, 4.69) is 6.58 Å². The number of methoxy groups -OCH3 is 2. The van der Waals surface area contributed by atoms with Gasteiger partial charge in [0, 0.05) is 7.11 Å². The van der Waals surface area contributed by atoms with Gasteiger partial charge in [0.25, 0.3) is 5.79 Å². The average Bonchev–Trinajstić information content (AvgIpc) is 2.26. The molecule has 1 rings (SSSR count). The zero-order chi connectivity index (χ0) is 11.3. The lowest BCUT2D eigenvalue weighted by molar-refractivity contribution is -0.238. The van der Waals surface area contributed by atoms with E-state index in [1.54, 1.807) is 24.3 Å². The molecule has 15 heavy (non-hydrogen) atoms. The molecule has 0 saturated heterocycles. The third-order valence-corrected chi connectivity index (χ3v) is 2.17. The van der Waals surface area contributed by atoms with Gasteiger partial charge in [0.2, 0.25) is 0 Å². The molecule has 1 N–H and O–H groups in total. The van der Waals surface area contributed by atoms with E-state index < -0.39 is 11.9 Å². The van der Waals surface area contributed by atoms with Crippen LogP contribution in [0, 0.1) is 0 Å². The summed E-state index contributed by atoms with van der Waals surface area (Å²) in [6, 6.07) is 0.